The third kappa shape index (κ3) is 4.68. The molecule has 0 aliphatic carbocycles. The van der Waals surface area contributed by atoms with Crippen molar-refractivity contribution in [3.63, 3.8) is 0 Å². The molecule has 32 heavy (non-hydrogen) atoms. The fourth-order valence-corrected chi connectivity index (χ4v) is 4.24. The lowest BCUT2D eigenvalue weighted by atomic mass is 10.2. The summed E-state index contributed by atoms with van der Waals surface area (Å²) in [5, 5.41) is 1.07. The maximum absolute atomic E-state index is 13.3. The second-order valence-electron chi connectivity index (χ2n) is 7.23. The van der Waals surface area contributed by atoms with Gasteiger partial charge in [0.25, 0.3) is 5.56 Å². The number of hydrogen-bond acceptors (Lipinski definition) is 5. The summed E-state index contributed by atoms with van der Waals surface area (Å²) in [5.41, 5.74) is 2.26. The Labute approximate surface area is 190 Å². The van der Waals surface area contributed by atoms with Crippen LogP contribution >= 0.6 is 11.8 Å². The molecule has 1 aromatic heterocycles. The Balaban J connectivity index is 1.63. The lowest BCUT2D eigenvalue weighted by molar-refractivity contribution is -0.115. The van der Waals surface area contributed by atoms with Crippen LogP contribution in [0.1, 0.15) is 5.56 Å². The minimum absolute atomic E-state index is 0.0698. The number of carbonyl (C=O) groups excluding carboxylic acids is 1. The number of para-hydroxylation sites is 2. The van der Waals surface area contributed by atoms with Gasteiger partial charge in [-0.2, -0.15) is 0 Å². The molecule has 0 unspecified atom stereocenters. The molecule has 1 heterocycles. The summed E-state index contributed by atoms with van der Waals surface area (Å²) in [5.74, 6) is 0.847. The van der Waals surface area contributed by atoms with Gasteiger partial charge in [-0.15, -0.1) is 0 Å². The van der Waals surface area contributed by atoms with Crippen molar-refractivity contribution < 1.29 is 9.53 Å². The van der Waals surface area contributed by atoms with Crippen molar-refractivity contribution in [3.05, 3.63) is 94.8 Å². The van der Waals surface area contributed by atoms with Crippen LogP contribution in [-0.4, -0.2) is 35.4 Å². The molecule has 6 nitrogen and oxygen atoms in total. The minimum atomic E-state index is -0.127. The number of carbonyl (C=O) groups is 1. The predicted molar refractivity (Wildman–Crippen MR) is 129 cm³/mol. The second kappa shape index (κ2) is 9.70. The van der Waals surface area contributed by atoms with Gasteiger partial charge < -0.3 is 9.64 Å². The van der Waals surface area contributed by atoms with Gasteiger partial charge in [0.15, 0.2) is 5.16 Å². The van der Waals surface area contributed by atoms with Crippen molar-refractivity contribution in [1.82, 2.24) is 9.55 Å². The smallest absolute Gasteiger partial charge is 0.262 e. The molecule has 0 saturated carbocycles. The number of benzene rings is 3. The number of fused-ring (bicyclic) bond motifs is 1. The first-order valence-electron chi connectivity index (χ1n) is 10.1. The van der Waals surface area contributed by atoms with Crippen molar-refractivity contribution in [3.8, 4) is 5.75 Å². The highest BCUT2D eigenvalue weighted by Gasteiger charge is 2.16. The molecule has 0 atom stereocenters. The lowest BCUT2D eigenvalue weighted by Gasteiger charge is -2.18. The SMILES string of the molecule is COc1ccc(Cn2c(SCC(=O)N(C)c3ccccc3)nc3ccccc3c2=O)cc1. The average Bonchev–Trinajstić information content (AvgIpc) is 2.85. The van der Waals surface area contributed by atoms with Gasteiger partial charge in [0.2, 0.25) is 5.91 Å². The first-order chi connectivity index (χ1) is 15.6. The monoisotopic (exact) mass is 445 g/mol. The molecule has 0 aliphatic rings. The highest BCUT2D eigenvalue weighted by atomic mass is 32.2. The highest BCUT2D eigenvalue weighted by Crippen LogP contribution is 2.21. The molecule has 0 radical (unpaired) electrons. The Morgan fingerprint density at radius 2 is 1.69 bits per heavy atom. The molecule has 0 spiro atoms. The van der Waals surface area contributed by atoms with Crippen molar-refractivity contribution in [2.24, 2.45) is 0 Å². The molecule has 4 rings (SSSR count). The van der Waals surface area contributed by atoms with Gasteiger partial charge in [-0.3, -0.25) is 14.2 Å². The summed E-state index contributed by atoms with van der Waals surface area (Å²) in [6, 6.07) is 24.3. The number of ether oxygens (including phenoxy) is 1. The fourth-order valence-electron chi connectivity index (χ4n) is 3.33. The first-order valence-corrected chi connectivity index (χ1v) is 11.1. The van der Waals surface area contributed by atoms with Gasteiger partial charge in [0, 0.05) is 12.7 Å². The zero-order chi connectivity index (χ0) is 22.5. The van der Waals surface area contributed by atoms with Crippen LogP contribution in [0.4, 0.5) is 5.69 Å². The molecule has 7 heteroatoms. The van der Waals surface area contributed by atoms with E-state index in [0.29, 0.717) is 22.6 Å². The summed E-state index contributed by atoms with van der Waals surface area (Å²) < 4.78 is 6.85. The van der Waals surface area contributed by atoms with E-state index < -0.39 is 0 Å². The maximum Gasteiger partial charge on any atom is 0.262 e. The zero-order valence-electron chi connectivity index (χ0n) is 17.9. The fraction of sp³-hybridized carbons (Fsp3) is 0.160. The molecule has 0 bridgehead atoms. The Morgan fingerprint density at radius 3 is 2.41 bits per heavy atom. The van der Waals surface area contributed by atoms with Crippen LogP contribution in [0.5, 0.6) is 5.75 Å². The number of anilines is 1. The van der Waals surface area contributed by atoms with Crippen LogP contribution in [0.25, 0.3) is 10.9 Å². The Morgan fingerprint density at radius 1 is 1.00 bits per heavy atom. The highest BCUT2D eigenvalue weighted by molar-refractivity contribution is 7.99. The van der Waals surface area contributed by atoms with Crippen molar-refractivity contribution >= 4 is 34.3 Å². The number of amides is 1. The maximum atomic E-state index is 13.3. The van der Waals surface area contributed by atoms with Crippen LogP contribution in [0, 0.1) is 0 Å². The van der Waals surface area contributed by atoms with Gasteiger partial charge in [0.05, 0.1) is 30.3 Å². The number of rotatable bonds is 7. The first kappa shape index (κ1) is 21.6. The largest absolute Gasteiger partial charge is 0.497 e. The number of methoxy groups -OCH3 is 1. The summed E-state index contributed by atoms with van der Waals surface area (Å²) >= 11 is 1.27. The number of thioether (sulfide) groups is 1. The van der Waals surface area contributed by atoms with Crippen molar-refractivity contribution in [2.45, 2.75) is 11.7 Å². The van der Waals surface area contributed by atoms with E-state index >= 15 is 0 Å². The summed E-state index contributed by atoms with van der Waals surface area (Å²) in [7, 11) is 3.36. The summed E-state index contributed by atoms with van der Waals surface area (Å²) in [6.45, 7) is 0.353. The van der Waals surface area contributed by atoms with E-state index in [1.807, 2.05) is 72.8 Å². The quantitative estimate of drug-likeness (QED) is 0.315. The second-order valence-corrected chi connectivity index (χ2v) is 8.17. The molecular weight excluding hydrogens is 422 g/mol. The predicted octanol–water partition coefficient (Wildman–Crippen LogP) is 4.21. The van der Waals surface area contributed by atoms with E-state index in [4.69, 9.17) is 9.72 Å². The average molecular weight is 446 g/mol. The topological polar surface area (TPSA) is 64.4 Å². The van der Waals surface area contributed by atoms with E-state index in [-0.39, 0.29) is 17.2 Å². The van der Waals surface area contributed by atoms with Crippen molar-refractivity contribution in [1.29, 1.82) is 0 Å². The standard InChI is InChI=1S/C25H23N3O3S/c1-27(19-8-4-3-5-9-19)23(29)17-32-25-26-22-11-7-6-10-21(22)24(30)28(25)16-18-12-14-20(31-2)15-13-18/h3-15H,16-17H2,1-2H3. The Bertz CT molecular complexity index is 1290. The summed E-state index contributed by atoms with van der Waals surface area (Å²) in [4.78, 5) is 32.4. The molecule has 0 fully saturated rings. The lowest BCUT2D eigenvalue weighted by Crippen LogP contribution is -2.29. The molecule has 0 N–H and O–H groups in total. The van der Waals surface area contributed by atoms with E-state index in [1.165, 1.54) is 11.8 Å². The molecule has 0 aliphatic heterocycles. The van der Waals surface area contributed by atoms with Gasteiger partial charge in [-0.05, 0) is 42.0 Å². The zero-order valence-corrected chi connectivity index (χ0v) is 18.7. The van der Waals surface area contributed by atoms with Gasteiger partial charge in [-0.25, -0.2) is 4.98 Å². The van der Waals surface area contributed by atoms with Gasteiger partial charge >= 0.3 is 0 Å². The molecular formula is C25H23N3O3S. The third-order valence-corrected chi connectivity index (χ3v) is 6.13. The molecule has 4 aromatic rings. The third-order valence-electron chi connectivity index (χ3n) is 5.17. The Kier molecular flexibility index (Phi) is 6.56. The van der Waals surface area contributed by atoms with Crippen LogP contribution in [0.15, 0.2) is 88.8 Å². The minimum Gasteiger partial charge on any atom is -0.497 e. The van der Waals surface area contributed by atoms with Crippen LogP contribution in [0.2, 0.25) is 0 Å². The van der Waals surface area contributed by atoms with E-state index in [0.717, 1.165) is 17.0 Å². The van der Waals surface area contributed by atoms with Gasteiger partial charge in [-0.1, -0.05) is 54.2 Å². The van der Waals surface area contributed by atoms with E-state index in [1.54, 1.807) is 29.7 Å². The van der Waals surface area contributed by atoms with E-state index in [2.05, 4.69) is 0 Å². The summed E-state index contributed by atoms with van der Waals surface area (Å²) in [6.07, 6.45) is 0. The van der Waals surface area contributed by atoms with Gasteiger partial charge in [0.1, 0.15) is 5.75 Å². The van der Waals surface area contributed by atoms with Crippen LogP contribution in [0.3, 0.4) is 0 Å². The normalized spacial score (nSPS) is 10.8. The molecule has 0 saturated heterocycles. The van der Waals surface area contributed by atoms with Crippen LogP contribution < -0.4 is 15.2 Å². The number of nitrogens with zero attached hydrogens (tertiary/aromatic N) is 3. The Hall–Kier alpha value is -3.58. The van der Waals surface area contributed by atoms with Crippen LogP contribution in [-0.2, 0) is 11.3 Å². The van der Waals surface area contributed by atoms with Crippen molar-refractivity contribution in [2.75, 3.05) is 24.8 Å². The molecule has 162 valence electrons. The van der Waals surface area contributed by atoms with E-state index in [9.17, 15) is 9.59 Å². The number of hydrogen-bond donors (Lipinski definition) is 0. The number of aromatic nitrogens is 2. The molecule has 3 aromatic carbocycles. The molecule has 1 amide bonds.